The van der Waals surface area contributed by atoms with Gasteiger partial charge in [0.2, 0.25) is 0 Å². The van der Waals surface area contributed by atoms with Gasteiger partial charge in [-0.3, -0.25) is 9.78 Å². The van der Waals surface area contributed by atoms with Crippen LogP contribution in [0.3, 0.4) is 0 Å². The molecule has 0 aliphatic heterocycles. The second-order valence-corrected chi connectivity index (χ2v) is 3.72. The molecular formula is C14H11N3O2. The average molecular weight is 253 g/mol. The Bertz CT molecular complexity index is 630. The summed E-state index contributed by atoms with van der Waals surface area (Å²) in [5.74, 6) is 0.123. The Morgan fingerprint density at radius 3 is 2.68 bits per heavy atom. The van der Waals surface area contributed by atoms with Gasteiger partial charge in [-0.1, -0.05) is 0 Å². The molecule has 0 aliphatic carbocycles. The number of aromatic nitrogens is 1. The monoisotopic (exact) mass is 253 g/mol. The lowest BCUT2D eigenvalue weighted by atomic mass is 10.2. The fourth-order valence-electron chi connectivity index (χ4n) is 1.56. The molecule has 2 aromatic rings. The molecule has 94 valence electrons. The second kappa shape index (κ2) is 5.65. The lowest BCUT2D eigenvalue weighted by molar-refractivity contribution is 0.102. The van der Waals surface area contributed by atoms with Crippen LogP contribution in [-0.2, 0) is 0 Å². The number of amides is 1. The maximum absolute atomic E-state index is 12.1. The largest absolute Gasteiger partial charge is 0.494 e. The number of rotatable bonds is 3. The highest BCUT2D eigenvalue weighted by Gasteiger charge is 2.11. The number of carbonyl (C=O) groups is 1. The molecule has 1 aromatic carbocycles. The minimum absolute atomic E-state index is 0.288. The second-order valence-electron chi connectivity index (χ2n) is 3.72. The molecule has 1 amide bonds. The predicted molar refractivity (Wildman–Crippen MR) is 69.9 cm³/mol. The first-order chi connectivity index (χ1) is 9.24. The van der Waals surface area contributed by atoms with Gasteiger partial charge in [0.1, 0.15) is 5.75 Å². The Hall–Kier alpha value is -2.87. The molecule has 5 nitrogen and oxygen atoms in total. The van der Waals surface area contributed by atoms with Gasteiger partial charge in [-0.2, -0.15) is 5.26 Å². The summed E-state index contributed by atoms with van der Waals surface area (Å²) in [6.07, 6.45) is 3.00. The summed E-state index contributed by atoms with van der Waals surface area (Å²) < 4.78 is 5.07. The fourth-order valence-corrected chi connectivity index (χ4v) is 1.56. The van der Waals surface area contributed by atoms with Crippen molar-refractivity contribution >= 4 is 11.6 Å². The summed E-state index contributed by atoms with van der Waals surface area (Å²) >= 11 is 0. The molecule has 0 atom stereocenters. The summed E-state index contributed by atoms with van der Waals surface area (Å²) in [6.45, 7) is 0. The van der Waals surface area contributed by atoms with E-state index < -0.39 is 0 Å². The molecule has 1 aromatic heterocycles. The highest BCUT2D eigenvalue weighted by molar-refractivity contribution is 6.06. The molecule has 0 radical (unpaired) electrons. The quantitative estimate of drug-likeness (QED) is 0.910. The van der Waals surface area contributed by atoms with Gasteiger partial charge in [-0.15, -0.1) is 0 Å². The van der Waals surface area contributed by atoms with Crippen LogP contribution in [-0.4, -0.2) is 18.0 Å². The van der Waals surface area contributed by atoms with E-state index in [1.54, 1.807) is 30.3 Å². The highest BCUT2D eigenvalue weighted by Crippen LogP contribution is 2.18. The third-order valence-electron chi connectivity index (χ3n) is 2.52. The van der Waals surface area contributed by atoms with Crippen LogP contribution >= 0.6 is 0 Å². The number of nitriles is 1. The first kappa shape index (κ1) is 12.6. The van der Waals surface area contributed by atoms with Crippen molar-refractivity contribution in [2.75, 3.05) is 12.4 Å². The number of nitrogens with zero attached hydrogens (tertiary/aromatic N) is 2. The Balaban J connectivity index is 2.18. The van der Waals surface area contributed by atoms with Crippen molar-refractivity contribution < 1.29 is 9.53 Å². The number of nitrogens with one attached hydrogen (secondary N) is 1. The Kier molecular flexibility index (Phi) is 3.74. The molecule has 0 saturated heterocycles. The summed E-state index contributed by atoms with van der Waals surface area (Å²) in [4.78, 5) is 16.0. The van der Waals surface area contributed by atoms with E-state index in [1.165, 1.54) is 19.5 Å². The lowest BCUT2D eigenvalue weighted by Crippen LogP contribution is -2.13. The summed E-state index contributed by atoms with van der Waals surface area (Å²) in [5, 5.41) is 11.4. The first-order valence-electron chi connectivity index (χ1n) is 5.54. The maximum atomic E-state index is 12.1. The molecule has 1 heterocycles. The lowest BCUT2D eigenvalue weighted by Gasteiger charge is -2.08. The maximum Gasteiger partial charge on any atom is 0.259 e. The fraction of sp³-hybridized carbons (Fsp3) is 0.0714. The Labute approximate surface area is 110 Å². The summed E-state index contributed by atoms with van der Waals surface area (Å²) in [6, 6.07) is 10.2. The van der Waals surface area contributed by atoms with Crippen LogP contribution in [0.5, 0.6) is 5.75 Å². The number of hydrogen-bond acceptors (Lipinski definition) is 4. The van der Waals surface area contributed by atoms with E-state index in [0.717, 1.165) is 0 Å². The van der Waals surface area contributed by atoms with E-state index >= 15 is 0 Å². The van der Waals surface area contributed by atoms with Crippen LogP contribution < -0.4 is 10.1 Å². The molecular weight excluding hydrogens is 242 g/mol. The molecule has 0 spiro atoms. The first-order valence-corrected chi connectivity index (χ1v) is 5.54. The number of pyridine rings is 1. The average Bonchev–Trinajstić information content (AvgIpc) is 2.48. The van der Waals surface area contributed by atoms with E-state index in [9.17, 15) is 4.79 Å². The van der Waals surface area contributed by atoms with E-state index in [0.29, 0.717) is 22.6 Å². The van der Waals surface area contributed by atoms with Crippen molar-refractivity contribution in [3.63, 3.8) is 0 Å². The van der Waals surface area contributed by atoms with Crippen molar-refractivity contribution in [1.29, 1.82) is 5.26 Å². The number of methoxy groups -OCH3 is 1. The smallest absolute Gasteiger partial charge is 0.259 e. The molecule has 0 fully saturated rings. The standard InChI is InChI=1S/C14H11N3O2/c1-19-13-9-16-7-6-12(13)14(18)17-11-4-2-10(8-15)3-5-11/h2-7,9H,1H3,(H,17,18). The SMILES string of the molecule is COc1cnccc1C(=O)Nc1ccc(C#N)cc1. The van der Waals surface area contributed by atoms with E-state index in [2.05, 4.69) is 10.3 Å². The van der Waals surface area contributed by atoms with Crippen LogP contribution in [0.15, 0.2) is 42.7 Å². The van der Waals surface area contributed by atoms with Crippen LogP contribution in [0.2, 0.25) is 0 Å². The topological polar surface area (TPSA) is 75.0 Å². The molecule has 2 rings (SSSR count). The van der Waals surface area contributed by atoms with Gasteiger partial charge >= 0.3 is 0 Å². The molecule has 0 unspecified atom stereocenters. The van der Waals surface area contributed by atoms with Gasteiger partial charge in [0.05, 0.1) is 30.5 Å². The van der Waals surface area contributed by atoms with E-state index in [1.807, 2.05) is 6.07 Å². The van der Waals surface area contributed by atoms with Crippen molar-refractivity contribution in [2.24, 2.45) is 0 Å². The van der Waals surface area contributed by atoms with Gasteiger partial charge in [0, 0.05) is 11.9 Å². The van der Waals surface area contributed by atoms with Crippen LogP contribution in [0.25, 0.3) is 0 Å². The van der Waals surface area contributed by atoms with Gasteiger partial charge in [0.25, 0.3) is 5.91 Å². The zero-order valence-corrected chi connectivity index (χ0v) is 10.3. The molecule has 0 aliphatic rings. The minimum atomic E-state index is -0.288. The van der Waals surface area contributed by atoms with E-state index in [4.69, 9.17) is 10.00 Å². The zero-order valence-electron chi connectivity index (χ0n) is 10.3. The van der Waals surface area contributed by atoms with Crippen molar-refractivity contribution in [2.45, 2.75) is 0 Å². The van der Waals surface area contributed by atoms with Gasteiger partial charge in [-0.05, 0) is 30.3 Å². The molecule has 0 saturated carbocycles. The van der Waals surface area contributed by atoms with Gasteiger partial charge < -0.3 is 10.1 Å². The predicted octanol–water partition coefficient (Wildman–Crippen LogP) is 2.21. The van der Waals surface area contributed by atoms with E-state index in [-0.39, 0.29) is 5.91 Å². The molecule has 19 heavy (non-hydrogen) atoms. The number of benzene rings is 1. The molecule has 1 N–H and O–H groups in total. The number of ether oxygens (including phenoxy) is 1. The minimum Gasteiger partial charge on any atom is -0.494 e. The van der Waals surface area contributed by atoms with Crippen LogP contribution in [0.1, 0.15) is 15.9 Å². The summed E-state index contributed by atoms with van der Waals surface area (Å²) in [7, 11) is 1.48. The molecule has 5 heteroatoms. The number of hydrogen-bond donors (Lipinski definition) is 1. The highest BCUT2D eigenvalue weighted by atomic mass is 16.5. The Morgan fingerprint density at radius 1 is 1.32 bits per heavy atom. The van der Waals surface area contributed by atoms with Gasteiger partial charge in [-0.25, -0.2) is 0 Å². The molecule has 0 bridgehead atoms. The van der Waals surface area contributed by atoms with Gasteiger partial charge in [0.15, 0.2) is 0 Å². The van der Waals surface area contributed by atoms with Crippen molar-refractivity contribution in [1.82, 2.24) is 4.98 Å². The normalized spacial score (nSPS) is 9.47. The van der Waals surface area contributed by atoms with Crippen molar-refractivity contribution in [3.05, 3.63) is 53.9 Å². The summed E-state index contributed by atoms with van der Waals surface area (Å²) in [5.41, 5.74) is 1.56. The Morgan fingerprint density at radius 2 is 2.05 bits per heavy atom. The van der Waals surface area contributed by atoms with Crippen LogP contribution in [0.4, 0.5) is 5.69 Å². The number of anilines is 1. The number of carbonyl (C=O) groups excluding carboxylic acids is 1. The third-order valence-corrected chi connectivity index (χ3v) is 2.52. The third kappa shape index (κ3) is 2.87. The zero-order chi connectivity index (χ0) is 13.7. The van der Waals surface area contributed by atoms with Crippen LogP contribution in [0, 0.1) is 11.3 Å². The van der Waals surface area contributed by atoms with Crippen molar-refractivity contribution in [3.8, 4) is 11.8 Å².